The van der Waals surface area contributed by atoms with E-state index in [1.807, 2.05) is 32.9 Å². The van der Waals surface area contributed by atoms with Crippen LogP contribution < -0.4 is 10.5 Å². The molecule has 1 aromatic rings. The summed E-state index contributed by atoms with van der Waals surface area (Å²) < 4.78 is 5.61. The molecule has 0 spiro atoms. The average Bonchev–Trinajstić information content (AvgIpc) is 2.16. The lowest BCUT2D eigenvalue weighted by molar-refractivity contribution is -0.0267. The summed E-state index contributed by atoms with van der Waals surface area (Å²) in [4.78, 5) is 0. The molecule has 0 amide bonds. The van der Waals surface area contributed by atoms with Crippen LogP contribution in [0.1, 0.15) is 26.3 Å². The average molecular weight is 223 g/mol. The Morgan fingerprint density at radius 3 is 2.56 bits per heavy atom. The van der Waals surface area contributed by atoms with Crippen LogP contribution in [-0.2, 0) is 0 Å². The molecule has 0 aliphatic rings. The van der Waals surface area contributed by atoms with Gasteiger partial charge in [0.1, 0.15) is 12.4 Å². The summed E-state index contributed by atoms with van der Waals surface area (Å²) in [7, 11) is 0. The van der Waals surface area contributed by atoms with Crippen molar-refractivity contribution in [2.24, 2.45) is 5.92 Å². The number of aliphatic hydroxyl groups is 1. The van der Waals surface area contributed by atoms with Crippen molar-refractivity contribution in [3.8, 4) is 5.75 Å². The summed E-state index contributed by atoms with van der Waals surface area (Å²) in [6.07, 6.45) is 0. The van der Waals surface area contributed by atoms with Gasteiger partial charge in [-0.05, 0) is 43.5 Å². The van der Waals surface area contributed by atoms with Gasteiger partial charge in [0.15, 0.2) is 0 Å². The molecule has 1 atom stereocenters. The molecule has 0 aliphatic heterocycles. The van der Waals surface area contributed by atoms with Crippen LogP contribution in [0.3, 0.4) is 0 Å². The lowest BCUT2D eigenvalue weighted by Crippen LogP contribution is -2.37. The minimum Gasteiger partial charge on any atom is -0.490 e. The highest BCUT2D eigenvalue weighted by Crippen LogP contribution is 2.23. The van der Waals surface area contributed by atoms with Gasteiger partial charge in [0.05, 0.1) is 5.60 Å². The SMILES string of the molecule is Cc1cc(N)ccc1OCC(C)(O)C(C)C. The second-order valence-electron chi connectivity index (χ2n) is 4.83. The minimum atomic E-state index is -0.812. The van der Waals surface area contributed by atoms with E-state index < -0.39 is 5.60 Å². The maximum absolute atomic E-state index is 10.0. The summed E-state index contributed by atoms with van der Waals surface area (Å²) in [5.74, 6) is 0.928. The number of anilines is 1. The highest BCUT2D eigenvalue weighted by atomic mass is 16.5. The van der Waals surface area contributed by atoms with Crippen molar-refractivity contribution in [3.05, 3.63) is 23.8 Å². The molecule has 1 aromatic carbocycles. The van der Waals surface area contributed by atoms with Gasteiger partial charge in [0.25, 0.3) is 0 Å². The highest BCUT2D eigenvalue weighted by Gasteiger charge is 2.25. The Bertz CT molecular complexity index is 359. The molecule has 3 N–H and O–H groups in total. The first kappa shape index (κ1) is 12.8. The standard InChI is InChI=1S/C13H21NO2/c1-9(2)13(4,15)8-16-12-6-5-11(14)7-10(12)3/h5-7,9,15H,8,14H2,1-4H3. The summed E-state index contributed by atoms with van der Waals surface area (Å²) in [6, 6.07) is 5.49. The van der Waals surface area contributed by atoms with Crippen molar-refractivity contribution in [2.45, 2.75) is 33.3 Å². The van der Waals surface area contributed by atoms with Crippen LogP contribution in [-0.4, -0.2) is 17.3 Å². The van der Waals surface area contributed by atoms with Gasteiger partial charge in [0, 0.05) is 5.69 Å². The zero-order valence-electron chi connectivity index (χ0n) is 10.4. The second kappa shape index (κ2) is 4.74. The zero-order chi connectivity index (χ0) is 12.3. The lowest BCUT2D eigenvalue weighted by atomic mass is 9.94. The number of hydrogen-bond donors (Lipinski definition) is 2. The largest absolute Gasteiger partial charge is 0.490 e. The zero-order valence-corrected chi connectivity index (χ0v) is 10.4. The van der Waals surface area contributed by atoms with E-state index in [9.17, 15) is 5.11 Å². The van der Waals surface area contributed by atoms with E-state index in [1.165, 1.54) is 0 Å². The number of rotatable bonds is 4. The van der Waals surface area contributed by atoms with Gasteiger partial charge in [0.2, 0.25) is 0 Å². The van der Waals surface area contributed by atoms with E-state index in [0.29, 0.717) is 0 Å². The minimum absolute atomic E-state index is 0.154. The van der Waals surface area contributed by atoms with Gasteiger partial charge in [-0.25, -0.2) is 0 Å². The maximum atomic E-state index is 10.0. The predicted molar refractivity (Wildman–Crippen MR) is 66.5 cm³/mol. The molecule has 0 bridgehead atoms. The molecule has 0 saturated heterocycles. The van der Waals surface area contributed by atoms with Gasteiger partial charge < -0.3 is 15.6 Å². The van der Waals surface area contributed by atoms with Gasteiger partial charge >= 0.3 is 0 Å². The predicted octanol–water partition coefficient (Wildman–Crippen LogP) is 2.36. The van der Waals surface area contributed by atoms with E-state index in [0.717, 1.165) is 17.0 Å². The molecule has 1 unspecified atom stereocenters. The second-order valence-corrected chi connectivity index (χ2v) is 4.83. The normalized spacial score (nSPS) is 14.9. The molecule has 0 heterocycles. The number of benzene rings is 1. The third-order valence-electron chi connectivity index (χ3n) is 2.96. The molecular weight excluding hydrogens is 202 g/mol. The Balaban J connectivity index is 2.68. The fourth-order valence-electron chi connectivity index (χ4n) is 1.23. The Hall–Kier alpha value is -1.22. The van der Waals surface area contributed by atoms with Crippen LogP contribution in [0.15, 0.2) is 18.2 Å². The van der Waals surface area contributed by atoms with Crippen LogP contribution in [0.4, 0.5) is 5.69 Å². The Labute approximate surface area is 97.2 Å². The molecule has 0 saturated carbocycles. The first-order valence-electron chi connectivity index (χ1n) is 5.54. The molecular formula is C13H21NO2. The molecule has 3 nitrogen and oxygen atoms in total. The monoisotopic (exact) mass is 223 g/mol. The molecule has 16 heavy (non-hydrogen) atoms. The molecule has 0 radical (unpaired) electrons. The van der Waals surface area contributed by atoms with Crippen LogP contribution >= 0.6 is 0 Å². The quantitative estimate of drug-likeness (QED) is 0.770. The number of hydrogen-bond acceptors (Lipinski definition) is 3. The molecule has 90 valence electrons. The molecule has 0 aromatic heterocycles. The van der Waals surface area contributed by atoms with Crippen molar-refractivity contribution >= 4 is 5.69 Å². The maximum Gasteiger partial charge on any atom is 0.122 e. The molecule has 0 aliphatic carbocycles. The third-order valence-corrected chi connectivity index (χ3v) is 2.96. The van der Waals surface area contributed by atoms with E-state index in [1.54, 1.807) is 13.0 Å². The number of nitrogen functional groups attached to an aromatic ring is 1. The highest BCUT2D eigenvalue weighted by molar-refractivity contribution is 5.47. The Morgan fingerprint density at radius 1 is 1.44 bits per heavy atom. The number of ether oxygens (including phenoxy) is 1. The van der Waals surface area contributed by atoms with E-state index in [4.69, 9.17) is 10.5 Å². The fraction of sp³-hybridized carbons (Fsp3) is 0.538. The van der Waals surface area contributed by atoms with Crippen LogP contribution in [0.25, 0.3) is 0 Å². The van der Waals surface area contributed by atoms with Gasteiger partial charge in [-0.2, -0.15) is 0 Å². The van der Waals surface area contributed by atoms with Crippen LogP contribution in [0.2, 0.25) is 0 Å². The third kappa shape index (κ3) is 3.14. The first-order valence-corrected chi connectivity index (χ1v) is 5.54. The fourth-order valence-corrected chi connectivity index (χ4v) is 1.23. The summed E-state index contributed by atoms with van der Waals surface area (Å²) in [6.45, 7) is 7.95. The van der Waals surface area contributed by atoms with Gasteiger partial charge in [-0.3, -0.25) is 0 Å². The van der Waals surface area contributed by atoms with Gasteiger partial charge in [-0.15, -0.1) is 0 Å². The van der Waals surface area contributed by atoms with E-state index in [-0.39, 0.29) is 12.5 Å². The Morgan fingerprint density at radius 2 is 2.06 bits per heavy atom. The van der Waals surface area contributed by atoms with Crippen molar-refractivity contribution in [3.63, 3.8) is 0 Å². The van der Waals surface area contributed by atoms with Crippen LogP contribution in [0, 0.1) is 12.8 Å². The Kier molecular flexibility index (Phi) is 3.81. The summed E-state index contributed by atoms with van der Waals surface area (Å²) >= 11 is 0. The number of aryl methyl sites for hydroxylation is 1. The van der Waals surface area contributed by atoms with Gasteiger partial charge in [-0.1, -0.05) is 13.8 Å². The smallest absolute Gasteiger partial charge is 0.122 e. The van der Waals surface area contributed by atoms with Crippen molar-refractivity contribution in [2.75, 3.05) is 12.3 Å². The molecule has 3 heteroatoms. The first-order chi connectivity index (χ1) is 7.33. The van der Waals surface area contributed by atoms with E-state index >= 15 is 0 Å². The summed E-state index contributed by atoms with van der Waals surface area (Å²) in [5, 5.41) is 10.0. The van der Waals surface area contributed by atoms with Crippen LogP contribution in [0.5, 0.6) is 5.75 Å². The van der Waals surface area contributed by atoms with E-state index in [2.05, 4.69) is 0 Å². The van der Waals surface area contributed by atoms with Crippen molar-refractivity contribution < 1.29 is 9.84 Å². The van der Waals surface area contributed by atoms with Crippen molar-refractivity contribution in [1.29, 1.82) is 0 Å². The molecule has 1 rings (SSSR count). The molecule has 0 fully saturated rings. The lowest BCUT2D eigenvalue weighted by Gasteiger charge is -2.27. The number of nitrogens with two attached hydrogens (primary N) is 1. The van der Waals surface area contributed by atoms with Crippen molar-refractivity contribution in [1.82, 2.24) is 0 Å². The topological polar surface area (TPSA) is 55.5 Å². The summed E-state index contributed by atoms with van der Waals surface area (Å²) in [5.41, 5.74) is 6.55.